The number of hydrogen-bond acceptors (Lipinski definition) is 15. The molecule has 3 atom stereocenters. The Morgan fingerprint density at radius 2 is 1.14 bits per heavy atom. The van der Waals surface area contributed by atoms with Crippen molar-refractivity contribution in [2.45, 2.75) is 147 Å². The molecule has 21 heteroatoms. The Kier molecular flexibility index (Phi) is 39.6. The van der Waals surface area contributed by atoms with Crippen LogP contribution in [-0.2, 0) is 52.6 Å². The van der Waals surface area contributed by atoms with E-state index in [1.807, 2.05) is 0 Å². The van der Waals surface area contributed by atoms with Crippen molar-refractivity contribution in [1.29, 1.82) is 0 Å². The summed E-state index contributed by atoms with van der Waals surface area (Å²) < 4.78 is 15.9. The maximum Gasteiger partial charge on any atom is 0.326 e. The molecule has 0 rings (SSSR count). The standard InChI is InChI=1S/C42H80N8O13/c1-2-3-4-5-6-7-8-9-10-11-12-13-14-18-37(53)49-34(42(58)59)19-20-38(54)50-63-27-26-62-31-40(56)46-22-23-60-24-25-61-30-39(55)45-21-16-15-17-33(48-32-43)36(52)28-47-35(29-51)41(44)57/h33-35,47-48,51H,2-32,43H2,1H3,(H2,44,57)(H,45,55)(H,46,56)(H,49,53)(H,50,54)(H,58,59)/t33-,34?,35-/m0/s1. The van der Waals surface area contributed by atoms with E-state index in [1.165, 1.54) is 57.8 Å². The van der Waals surface area contributed by atoms with Crippen LogP contribution in [0.1, 0.15) is 129 Å². The zero-order chi connectivity index (χ0) is 46.8. The number of ketones is 1. The fraction of sp³-hybridized carbons (Fsp3) is 0.833. The Bertz CT molecular complexity index is 1250. The van der Waals surface area contributed by atoms with E-state index in [2.05, 4.69) is 39.0 Å². The van der Waals surface area contributed by atoms with Gasteiger partial charge < -0.3 is 51.8 Å². The highest BCUT2D eigenvalue weighted by Crippen LogP contribution is 2.13. The lowest BCUT2D eigenvalue weighted by Crippen LogP contribution is -2.50. The van der Waals surface area contributed by atoms with E-state index in [1.54, 1.807) is 0 Å². The predicted molar refractivity (Wildman–Crippen MR) is 235 cm³/mol. The first-order valence-electron chi connectivity index (χ1n) is 22.7. The number of amides is 5. The number of nitrogens with one attached hydrogen (secondary N) is 6. The van der Waals surface area contributed by atoms with Crippen molar-refractivity contribution in [3.05, 3.63) is 0 Å². The normalized spacial score (nSPS) is 12.6. The number of nitrogens with two attached hydrogens (primary N) is 2. The molecule has 1 unspecified atom stereocenters. The highest BCUT2D eigenvalue weighted by Gasteiger charge is 2.22. The number of unbranched alkanes of at least 4 members (excludes halogenated alkanes) is 13. The van der Waals surface area contributed by atoms with Crippen LogP contribution in [0.5, 0.6) is 0 Å². The van der Waals surface area contributed by atoms with Crippen molar-refractivity contribution >= 4 is 41.3 Å². The van der Waals surface area contributed by atoms with Gasteiger partial charge in [-0.3, -0.25) is 44.2 Å². The van der Waals surface area contributed by atoms with Crippen LogP contribution in [0.3, 0.4) is 0 Å². The largest absolute Gasteiger partial charge is 0.480 e. The molecule has 5 amide bonds. The molecule has 0 aromatic heterocycles. The van der Waals surface area contributed by atoms with Crippen LogP contribution in [0.2, 0.25) is 0 Å². The first kappa shape index (κ1) is 59.2. The maximum atomic E-state index is 12.4. The molecule has 63 heavy (non-hydrogen) atoms. The number of hydrogen-bond donors (Lipinski definition) is 10. The van der Waals surface area contributed by atoms with Crippen LogP contribution in [0.4, 0.5) is 0 Å². The Balaban J connectivity index is 3.80. The third-order valence-electron chi connectivity index (χ3n) is 9.77. The monoisotopic (exact) mass is 905 g/mol. The fourth-order valence-electron chi connectivity index (χ4n) is 6.12. The van der Waals surface area contributed by atoms with Crippen molar-refractivity contribution in [1.82, 2.24) is 32.1 Å². The van der Waals surface area contributed by atoms with E-state index >= 15 is 0 Å². The first-order valence-corrected chi connectivity index (χ1v) is 22.7. The highest BCUT2D eigenvalue weighted by molar-refractivity contribution is 5.87. The van der Waals surface area contributed by atoms with E-state index in [-0.39, 0.29) is 103 Å². The molecule has 0 fully saturated rings. The molecule has 0 saturated heterocycles. The predicted octanol–water partition coefficient (Wildman–Crippen LogP) is 0.197. The number of rotatable bonds is 46. The number of Topliss-reactive ketones (excluding diaryl/α,β-unsaturated/α-hetero) is 1. The van der Waals surface area contributed by atoms with Crippen LogP contribution >= 0.6 is 0 Å². The summed E-state index contributed by atoms with van der Waals surface area (Å²) in [6.07, 6.45) is 17.1. The number of carbonyl (C=O) groups is 7. The number of carbonyl (C=O) groups excluding carboxylic acids is 6. The summed E-state index contributed by atoms with van der Waals surface area (Å²) in [6, 6.07) is -2.76. The Hall–Kier alpha value is -3.83. The first-order chi connectivity index (χ1) is 30.4. The van der Waals surface area contributed by atoms with Crippen molar-refractivity contribution in [2.75, 3.05) is 79.2 Å². The fourth-order valence-corrected chi connectivity index (χ4v) is 6.12. The zero-order valence-electron chi connectivity index (χ0n) is 37.7. The summed E-state index contributed by atoms with van der Waals surface area (Å²) >= 11 is 0. The molecule has 0 aliphatic rings. The van der Waals surface area contributed by atoms with Crippen molar-refractivity contribution in [3.63, 3.8) is 0 Å². The third-order valence-corrected chi connectivity index (χ3v) is 9.77. The van der Waals surface area contributed by atoms with Gasteiger partial charge in [0, 0.05) is 32.6 Å². The molecule has 366 valence electrons. The minimum Gasteiger partial charge on any atom is -0.480 e. The van der Waals surface area contributed by atoms with Gasteiger partial charge in [-0.15, -0.1) is 0 Å². The number of aliphatic hydroxyl groups excluding tert-OH is 1. The van der Waals surface area contributed by atoms with Crippen LogP contribution in [0.15, 0.2) is 0 Å². The molecule has 0 saturated carbocycles. The van der Waals surface area contributed by atoms with Gasteiger partial charge in [-0.25, -0.2) is 10.3 Å². The topological polar surface area (TPSA) is 321 Å². The average molecular weight is 905 g/mol. The summed E-state index contributed by atoms with van der Waals surface area (Å²) in [4.78, 5) is 88.6. The number of aliphatic carboxylic acids is 1. The molecule has 0 aromatic carbocycles. The lowest BCUT2D eigenvalue weighted by molar-refractivity contribution is -0.143. The van der Waals surface area contributed by atoms with Gasteiger partial charge in [-0.1, -0.05) is 84.0 Å². The van der Waals surface area contributed by atoms with Crippen LogP contribution in [0, 0.1) is 0 Å². The minimum absolute atomic E-state index is 0.00164. The number of primary amides is 1. The second-order valence-corrected chi connectivity index (χ2v) is 15.2. The summed E-state index contributed by atoms with van der Waals surface area (Å²) in [5.41, 5.74) is 12.9. The van der Waals surface area contributed by atoms with Gasteiger partial charge in [-0.05, 0) is 32.1 Å². The number of aliphatic hydroxyl groups is 1. The summed E-state index contributed by atoms with van der Waals surface area (Å²) in [5, 5.41) is 32.0. The number of carboxylic acid groups (broad SMARTS) is 1. The lowest BCUT2D eigenvalue weighted by atomic mass is 10.0. The molecule has 0 spiro atoms. The highest BCUT2D eigenvalue weighted by atomic mass is 16.7. The summed E-state index contributed by atoms with van der Waals surface area (Å²) in [6.45, 7) is 2.30. The molecule has 21 nitrogen and oxygen atoms in total. The second-order valence-electron chi connectivity index (χ2n) is 15.2. The molecule has 0 aliphatic carbocycles. The van der Waals surface area contributed by atoms with E-state index in [9.17, 15) is 38.7 Å². The molecule has 0 aromatic rings. The molecular formula is C42H80N8O13. The number of ether oxygens (including phenoxy) is 3. The van der Waals surface area contributed by atoms with Gasteiger partial charge in [0.25, 0.3) is 0 Å². The molecule has 0 heterocycles. The van der Waals surface area contributed by atoms with Crippen molar-refractivity contribution in [3.8, 4) is 0 Å². The molecule has 0 aliphatic heterocycles. The van der Waals surface area contributed by atoms with Crippen LogP contribution in [-0.4, -0.2) is 149 Å². The average Bonchev–Trinajstić information content (AvgIpc) is 3.25. The smallest absolute Gasteiger partial charge is 0.326 e. The summed E-state index contributed by atoms with van der Waals surface area (Å²) in [5.74, 6) is -3.82. The SMILES string of the molecule is CCCCCCCCCCCCCCCC(=O)NC(CCC(=O)NOCCOCC(=O)NCCOCCOCC(=O)NCCCC[C@H](NCN)C(=O)CN[C@@H](CO)C(N)=O)C(=O)O. The lowest BCUT2D eigenvalue weighted by Gasteiger charge is -2.18. The Morgan fingerprint density at radius 3 is 1.71 bits per heavy atom. The third kappa shape index (κ3) is 37.3. The molecular weight excluding hydrogens is 825 g/mol. The zero-order valence-corrected chi connectivity index (χ0v) is 37.7. The van der Waals surface area contributed by atoms with E-state index < -0.39 is 48.4 Å². The van der Waals surface area contributed by atoms with Gasteiger partial charge in [0.05, 0.1) is 52.2 Å². The van der Waals surface area contributed by atoms with Gasteiger partial charge >= 0.3 is 5.97 Å². The molecule has 12 N–H and O–H groups in total. The van der Waals surface area contributed by atoms with Gasteiger partial charge in [0.15, 0.2) is 5.78 Å². The second kappa shape index (κ2) is 42.1. The quantitative estimate of drug-likeness (QED) is 0.0222. The van der Waals surface area contributed by atoms with E-state index in [4.69, 9.17) is 35.6 Å². The van der Waals surface area contributed by atoms with Gasteiger partial charge in [0.1, 0.15) is 25.3 Å². The number of carboxylic acids is 1. The van der Waals surface area contributed by atoms with E-state index in [0.29, 0.717) is 32.2 Å². The minimum atomic E-state index is -1.22. The van der Waals surface area contributed by atoms with E-state index in [0.717, 1.165) is 19.3 Å². The maximum absolute atomic E-state index is 12.4. The number of hydroxylamine groups is 1. The Labute approximate surface area is 373 Å². The summed E-state index contributed by atoms with van der Waals surface area (Å²) in [7, 11) is 0. The molecule has 0 radical (unpaired) electrons. The van der Waals surface area contributed by atoms with Crippen LogP contribution < -0.4 is 43.5 Å². The van der Waals surface area contributed by atoms with Crippen LogP contribution in [0.25, 0.3) is 0 Å². The molecule has 0 bridgehead atoms. The van der Waals surface area contributed by atoms with Crippen molar-refractivity contribution < 1.29 is 62.8 Å². The Morgan fingerprint density at radius 1 is 0.571 bits per heavy atom. The van der Waals surface area contributed by atoms with Gasteiger partial charge in [-0.2, -0.15) is 0 Å². The van der Waals surface area contributed by atoms with Crippen molar-refractivity contribution in [2.24, 2.45) is 11.5 Å². The van der Waals surface area contributed by atoms with Gasteiger partial charge in [0.2, 0.25) is 29.5 Å².